The number of carbonyl (C=O) groups is 2. The van der Waals surface area contributed by atoms with Crippen molar-refractivity contribution < 1.29 is 28.6 Å². The summed E-state index contributed by atoms with van der Waals surface area (Å²) in [7, 11) is 0. The van der Waals surface area contributed by atoms with E-state index in [0.717, 1.165) is 25.3 Å². The largest absolute Gasteiger partial charge is 0.481 e. The summed E-state index contributed by atoms with van der Waals surface area (Å²) in [6.45, 7) is 0.603. The monoisotopic (exact) mass is 395 g/mol. The molecule has 0 radical (unpaired) electrons. The molecule has 154 valence electrons. The van der Waals surface area contributed by atoms with Crippen LogP contribution in [0.5, 0.6) is 0 Å². The van der Waals surface area contributed by atoms with Gasteiger partial charge >= 0.3 is 5.97 Å². The molecule has 1 saturated heterocycles. The van der Waals surface area contributed by atoms with Crippen molar-refractivity contribution in [3.63, 3.8) is 0 Å². The quantitative estimate of drug-likeness (QED) is 0.444. The smallest absolute Gasteiger partial charge is 0.303 e. The normalized spacial score (nSPS) is 18.2. The maximum Gasteiger partial charge on any atom is 0.303 e. The summed E-state index contributed by atoms with van der Waals surface area (Å²) >= 11 is 0. The molecule has 2 rings (SSSR count). The number of aliphatic hydroxyl groups excluding tert-OH is 1. The molecule has 2 atom stereocenters. The molecule has 1 aromatic carbocycles. The van der Waals surface area contributed by atoms with Crippen LogP contribution in [0.4, 0.5) is 8.78 Å². The van der Waals surface area contributed by atoms with Crippen LogP contribution in [0.15, 0.2) is 30.4 Å². The van der Waals surface area contributed by atoms with Crippen molar-refractivity contribution in [2.45, 2.75) is 63.5 Å². The lowest BCUT2D eigenvalue weighted by molar-refractivity contribution is -0.137. The maximum absolute atomic E-state index is 13.2. The van der Waals surface area contributed by atoms with Gasteiger partial charge in [-0.3, -0.25) is 9.59 Å². The van der Waals surface area contributed by atoms with Gasteiger partial charge in [0.2, 0.25) is 5.91 Å². The molecule has 0 saturated carbocycles. The Bertz CT molecular complexity index is 687. The molecule has 1 amide bonds. The van der Waals surface area contributed by atoms with E-state index in [4.69, 9.17) is 5.11 Å². The number of nitrogens with zero attached hydrogens (tertiary/aromatic N) is 1. The van der Waals surface area contributed by atoms with Crippen LogP contribution in [0.25, 0.3) is 0 Å². The molecule has 5 nitrogen and oxygen atoms in total. The second kappa shape index (κ2) is 10.9. The number of aliphatic hydroxyl groups is 1. The van der Waals surface area contributed by atoms with Crippen molar-refractivity contribution >= 4 is 11.9 Å². The van der Waals surface area contributed by atoms with Crippen LogP contribution in [0, 0.1) is 11.6 Å². The van der Waals surface area contributed by atoms with E-state index in [2.05, 4.69) is 0 Å². The number of amides is 1. The third-order valence-electron chi connectivity index (χ3n) is 4.84. The van der Waals surface area contributed by atoms with E-state index in [1.54, 1.807) is 17.1 Å². The van der Waals surface area contributed by atoms with Crippen LogP contribution >= 0.6 is 0 Å². The number of carboxylic acids is 1. The Morgan fingerprint density at radius 1 is 1.18 bits per heavy atom. The average molecular weight is 395 g/mol. The van der Waals surface area contributed by atoms with Crippen molar-refractivity contribution in [1.82, 2.24) is 4.90 Å². The van der Waals surface area contributed by atoms with Crippen molar-refractivity contribution in [3.05, 3.63) is 47.5 Å². The number of hydrogen-bond donors (Lipinski definition) is 2. The molecule has 0 aliphatic carbocycles. The third-order valence-corrected chi connectivity index (χ3v) is 4.84. The van der Waals surface area contributed by atoms with Gasteiger partial charge in [0.05, 0.1) is 12.1 Å². The first-order valence-corrected chi connectivity index (χ1v) is 9.68. The lowest BCUT2D eigenvalue weighted by Crippen LogP contribution is -2.32. The second-order valence-corrected chi connectivity index (χ2v) is 7.19. The van der Waals surface area contributed by atoms with E-state index in [-0.39, 0.29) is 24.8 Å². The molecular formula is C21H27F2NO4. The minimum Gasteiger partial charge on any atom is -0.481 e. The fraction of sp³-hybridized carbons (Fsp3) is 0.524. The summed E-state index contributed by atoms with van der Waals surface area (Å²) in [5.41, 5.74) is 0.371. The van der Waals surface area contributed by atoms with Gasteiger partial charge < -0.3 is 15.1 Å². The summed E-state index contributed by atoms with van der Waals surface area (Å²) in [5, 5.41) is 18.7. The first-order chi connectivity index (χ1) is 13.3. The number of rotatable bonds is 11. The topological polar surface area (TPSA) is 77.8 Å². The zero-order valence-corrected chi connectivity index (χ0v) is 15.8. The lowest BCUT2D eigenvalue weighted by atomic mass is 10.1. The molecule has 0 aromatic heterocycles. The first-order valence-electron chi connectivity index (χ1n) is 9.68. The van der Waals surface area contributed by atoms with Gasteiger partial charge in [0, 0.05) is 31.9 Å². The number of carbonyl (C=O) groups excluding carboxylic acids is 1. The Kier molecular flexibility index (Phi) is 8.57. The molecular weight excluding hydrogens is 368 g/mol. The summed E-state index contributed by atoms with van der Waals surface area (Å²) in [5.74, 6) is -2.08. The highest BCUT2D eigenvalue weighted by molar-refractivity contribution is 5.79. The molecule has 0 bridgehead atoms. The van der Waals surface area contributed by atoms with Crippen LogP contribution in [-0.4, -0.2) is 45.7 Å². The van der Waals surface area contributed by atoms with Crippen molar-refractivity contribution in [2.75, 3.05) is 6.54 Å². The van der Waals surface area contributed by atoms with Crippen molar-refractivity contribution in [2.24, 2.45) is 0 Å². The van der Waals surface area contributed by atoms with E-state index in [1.165, 1.54) is 12.1 Å². The van der Waals surface area contributed by atoms with Gasteiger partial charge in [-0.2, -0.15) is 0 Å². The molecule has 1 heterocycles. The molecule has 2 N–H and O–H groups in total. The van der Waals surface area contributed by atoms with Gasteiger partial charge in [0.1, 0.15) is 11.6 Å². The zero-order valence-electron chi connectivity index (χ0n) is 15.8. The number of aliphatic carboxylic acids is 1. The fourth-order valence-electron chi connectivity index (χ4n) is 3.45. The molecule has 1 aromatic rings. The van der Waals surface area contributed by atoms with Crippen molar-refractivity contribution in [1.29, 1.82) is 0 Å². The number of hydrogen-bond acceptors (Lipinski definition) is 3. The molecule has 0 spiro atoms. The van der Waals surface area contributed by atoms with E-state index < -0.39 is 23.7 Å². The number of likely N-dealkylation sites (tertiary alicyclic amines) is 1. The predicted molar refractivity (Wildman–Crippen MR) is 101 cm³/mol. The lowest BCUT2D eigenvalue weighted by Gasteiger charge is -2.22. The zero-order chi connectivity index (χ0) is 20.5. The maximum atomic E-state index is 13.2. The second-order valence-electron chi connectivity index (χ2n) is 7.19. The third kappa shape index (κ3) is 7.38. The number of carboxylic acid groups (broad SMARTS) is 1. The Morgan fingerprint density at radius 2 is 1.86 bits per heavy atom. The predicted octanol–water partition coefficient (Wildman–Crippen LogP) is 3.45. The SMILES string of the molecule is O=C(O)CCCCCCN1C(=O)CC[C@@H]1C=C[C@@H](O)Cc1cc(F)cc(F)c1. The van der Waals surface area contributed by atoms with E-state index in [1.807, 2.05) is 0 Å². The van der Waals surface area contributed by atoms with Crippen LogP contribution in [0.1, 0.15) is 50.5 Å². The standard InChI is InChI=1S/C21H27F2NO4/c22-16-11-15(12-17(23)14-16)13-19(25)8-6-18-7-9-20(26)24(18)10-4-2-1-3-5-21(27)28/h6,8,11-12,14,18-19,25H,1-5,7,9-10,13H2,(H,27,28)/t18-,19+/m0/s1. The highest BCUT2D eigenvalue weighted by atomic mass is 19.1. The van der Waals surface area contributed by atoms with Gasteiger partial charge in [0.25, 0.3) is 0 Å². The van der Waals surface area contributed by atoms with Gasteiger partial charge in [-0.05, 0) is 37.0 Å². The molecule has 28 heavy (non-hydrogen) atoms. The number of unbranched alkanes of at least 4 members (excludes halogenated alkanes) is 3. The molecule has 7 heteroatoms. The van der Waals surface area contributed by atoms with Crippen LogP contribution in [0.2, 0.25) is 0 Å². The van der Waals surface area contributed by atoms with Gasteiger partial charge in [-0.1, -0.05) is 25.0 Å². The Morgan fingerprint density at radius 3 is 2.54 bits per heavy atom. The number of halogens is 2. The van der Waals surface area contributed by atoms with E-state index >= 15 is 0 Å². The summed E-state index contributed by atoms with van der Waals surface area (Å²) < 4.78 is 26.5. The van der Waals surface area contributed by atoms with E-state index in [9.17, 15) is 23.5 Å². The minimum absolute atomic E-state index is 0.0712. The van der Waals surface area contributed by atoms with E-state index in [0.29, 0.717) is 31.4 Å². The molecule has 1 fully saturated rings. The molecule has 1 aliphatic rings. The number of benzene rings is 1. The highest BCUT2D eigenvalue weighted by Crippen LogP contribution is 2.21. The van der Waals surface area contributed by atoms with Gasteiger partial charge in [0.15, 0.2) is 0 Å². The Labute approximate surface area is 163 Å². The van der Waals surface area contributed by atoms with Gasteiger partial charge in [-0.15, -0.1) is 0 Å². The van der Waals surface area contributed by atoms with Crippen LogP contribution in [-0.2, 0) is 16.0 Å². The van der Waals surface area contributed by atoms with Crippen LogP contribution in [0.3, 0.4) is 0 Å². The summed E-state index contributed by atoms with van der Waals surface area (Å²) in [4.78, 5) is 24.3. The van der Waals surface area contributed by atoms with Crippen LogP contribution < -0.4 is 0 Å². The summed E-state index contributed by atoms with van der Waals surface area (Å²) in [6.07, 6.45) is 6.99. The summed E-state index contributed by atoms with van der Waals surface area (Å²) in [6, 6.07) is 3.08. The minimum atomic E-state index is -0.894. The molecule has 0 unspecified atom stereocenters. The Balaban J connectivity index is 1.80. The van der Waals surface area contributed by atoms with Gasteiger partial charge in [-0.25, -0.2) is 8.78 Å². The Hall–Kier alpha value is -2.28. The highest BCUT2D eigenvalue weighted by Gasteiger charge is 2.28. The molecule has 1 aliphatic heterocycles. The van der Waals surface area contributed by atoms with Crippen molar-refractivity contribution in [3.8, 4) is 0 Å². The fourth-order valence-corrected chi connectivity index (χ4v) is 3.45. The first kappa shape index (κ1) is 22.0. The average Bonchev–Trinajstić information content (AvgIpc) is 2.95.